The van der Waals surface area contributed by atoms with Crippen LogP contribution in [0.3, 0.4) is 0 Å². The Morgan fingerprint density at radius 2 is 0.690 bits per heavy atom. The van der Waals surface area contributed by atoms with E-state index < -0.39 is 0 Å². The first kappa shape index (κ1) is 34.6. The van der Waals surface area contributed by atoms with Crippen molar-refractivity contribution in [1.82, 2.24) is 0 Å². The molecule has 0 radical (unpaired) electrons. The molecular weight excluding hydrogens is 703 g/mol. The van der Waals surface area contributed by atoms with Crippen LogP contribution >= 0.6 is 0 Å². The van der Waals surface area contributed by atoms with Gasteiger partial charge in [0.2, 0.25) is 0 Å². The van der Waals surface area contributed by atoms with E-state index in [0.29, 0.717) is 0 Å². The van der Waals surface area contributed by atoms with Gasteiger partial charge in [-0.1, -0.05) is 121 Å². The van der Waals surface area contributed by atoms with Gasteiger partial charge < -0.3 is 9.32 Å². The zero-order chi connectivity index (χ0) is 38.4. The number of benzene rings is 8. The fourth-order valence-corrected chi connectivity index (χ4v) is 9.95. The molecular formula is C56H45NO. The second kappa shape index (κ2) is 14.7. The zero-order valence-corrected chi connectivity index (χ0v) is 32.8. The molecule has 0 fully saturated rings. The third-order valence-corrected chi connectivity index (χ3v) is 12.7. The Hall–Kier alpha value is -6.64. The lowest BCUT2D eigenvalue weighted by Gasteiger charge is -2.32. The summed E-state index contributed by atoms with van der Waals surface area (Å²) in [6.07, 6.45) is 9.75. The summed E-state index contributed by atoms with van der Waals surface area (Å²) in [5.74, 6) is 0. The highest BCUT2D eigenvalue weighted by molar-refractivity contribution is 6.06. The van der Waals surface area contributed by atoms with Gasteiger partial charge in [0.25, 0.3) is 0 Å². The van der Waals surface area contributed by atoms with Gasteiger partial charge in [-0.3, -0.25) is 0 Å². The Bertz CT molecular complexity index is 2870. The summed E-state index contributed by atoms with van der Waals surface area (Å²) in [4.78, 5) is 2.40. The van der Waals surface area contributed by atoms with Crippen LogP contribution in [0.25, 0.3) is 66.4 Å². The van der Waals surface area contributed by atoms with Crippen molar-refractivity contribution >= 4 is 39.0 Å². The van der Waals surface area contributed by atoms with E-state index in [9.17, 15) is 0 Å². The molecule has 8 aromatic carbocycles. The second-order valence-electron chi connectivity index (χ2n) is 16.1. The molecule has 0 bridgehead atoms. The van der Waals surface area contributed by atoms with Crippen LogP contribution in [0.5, 0.6) is 0 Å². The van der Waals surface area contributed by atoms with Gasteiger partial charge in [-0.15, -0.1) is 0 Å². The molecule has 0 amide bonds. The molecule has 2 aliphatic carbocycles. The number of hydrogen-bond acceptors (Lipinski definition) is 2. The van der Waals surface area contributed by atoms with Crippen molar-refractivity contribution in [2.45, 2.75) is 51.4 Å². The van der Waals surface area contributed by atoms with E-state index in [1.165, 1.54) is 77.5 Å². The topological polar surface area (TPSA) is 16.4 Å². The predicted octanol–water partition coefficient (Wildman–Crippen LogP) is 15.5. The Balaban J connectivity index is 1.000. The highest BCUT2D eigenvalue weighted by atomic mass is 16.3. The highest BCUT2D eigenvalue weighted by Gasteiger charge is 2.28. The molecule has 0 aliphatic heterocycles. The Kier molecular flexibility index (Phi) is 8.77. The van der Waals surface area contributed by atoms with Crippen LogP contribution in [0.4, 0.5) is 17.1 Å². The van der Waals surface area contributed by atoms with Gasteiger partial charge in [-0.05, 0) is 173 Å². The number of para-hydroxylation sites is 1. The Morgan fingerprint density at radius 3 is 1.22 bits per heavy atom. The van der Waals surface area contributed by atoms with Crippen LogP contribution in [0, 0.1) is 0 Å². The summed E-state index contributed by atoms with van der Waals surface area (Å²) in [6.45, 7) is 0. The molecule has 0 N–H and O–H groups in total. The van der Waals surface area contributed by atoms with E-state index in [-0.39, 0.29) is 0 Å². The van der Waals surface area contributed by atoms with Gasteiger partial charge in [-0.2, -0.15) is 0 Å². The van der Waals surface area contributed by atoms with E-state index in [1.54, 1.807) is 27.8 Å². The van der Waals surface area contributed by atoms with Crippen LogP contribution in [0.1, 0.15) is 47.9 Å². The van der Waals surface area contributed by atoms with Crippen LogP contribution < -0.4 is 4.90 Å². The third-order valence-electron chi connectivity index (χ3n) is 12.7. The maximum atomic E-state index is 6.14. The largest absolute Gasteiger partial charge is 0.456 e. The highest BCUT2D eigenvalue weighted by Crippen LogP contribution is 2.47. The molecule has 58 heavy (non-hydrogen) atoms. The molecule has 0 saturated carbocycles. The van der Waals surface area contributed by atoms with Crippen LogP contribution in [0.15, 0.2) is 180 Å². The average Bonchev–Trinajstić information content (AvgIpc) is 3.68. The van der Waals surface area contributed by atoms with E-state index in [2.05, 4.69) is 169 Å². The third kappa shape index (κ3) is 6.12. The van der Waals surface area contributed by atoms with Crippen molar-refractivity contribution < 1.29 is 4.42 Å². The molecule has 2 aliphatic rings. The van der Waals surface area contributed by atoms with Crippen LogP contribution in [-0.2, 0) is 25.7 Å². The minimum atomic E-state index is 0.920. The fourth-order valence-electron chi connectivity index (χ4n) is 9.95. The normalized spacial score (nSPS) is 13.7. The summed E-state index contributed by atoms with van der Waals surface area (Å²) in [5.41, 5.74) is 22.3. The number of nitrogens with zero attached hydrogens (tertiary/aromatic N) is 1. The minimum absolute atomic E-state index is 0.920. The standard InChI is InChI=1S/C56H45NO/c1-3-13-38(14-4-1)39-23-30-44(31-24-39)57(45-32-25-40(26-33-45)43-29-36-54-52(37-43)47-17-11-12-22-53(47)58-54)46-34-27-42(28-35-46)56-50-20-9-7-18-48(50)55(41-15-5-2-6-16-41)49-19-8-10-21-51(49)56/h1-6,11-17,22-37H,7-10,18-21H2. The molecule has 11 rings (SSSR count). The number of hydrogen-bond donors (Lipinski definition) is 0. The lowest BCUT2D eigenvalue weighted by Crippen LogP contribution is -2.15. The summed E-state index contributed by atoms with van der Waals surface area (Å²) >= 11 is 0. The number of rotatable bonds is 7. The zero-order valence-electron chi connectivity index (χ0n) is 32.8. The number of fused-ring (bicyclic) bond motifs is 5. The molecule has 2 nitrogen and oxygen atoms in total. The Morgan fingerprint density at radius 1 is 0.310 bits per heavy atom. The SMILES string of the molecule is c1ccc(-c2ccc(N(c3ccc(-c4ccc5oc6ccccc6c5c4)cc3)c3ccc(-c4c5c(c(-c6ccccc6)c6c4CCCC6)CCCC5)cc3)cc2)cc1. The maximum absolute atomic E-state index is 6.14. The monoisotopic (exact) mass is 747 g/mol. The first-order valence-electron chi connectivity index (χ1n) is 21.1. The van der Waals surface area contributed by atoms with Crippen molar-refractivity contribution in [2.75, 3.05) is 4.90 Å². The van der Waals surface area contributed by atoms with E-state index in [4.69, 9.17) is 4.42 Å². The van der Waals surface area contributed by atoms with Crippen LogP contribution in [0.2, 0.25) is 0 Å². The maximum Gasteiger partial charge on any atom is 0.135 e. The first-order chi connectivity index (χ1) is 28.8. The van der Waals surface area contributed by atoms with Gasteiger partial charge in [0.15, 0.2) is 0 Å². The predicted molar refractivity (Wildman–Crippen MR) is 243 cm³/mol. The molecule has 1 heterocycles. The summed E-state index contributed by atoms with van der Waals surface area (Å²) in [5, 5.41) is 2.30. The Labute approximate surface area is 341 Å². The quantitative estimate of drug-likeness (QED) is 0.161. The second-order valence-corrected chi connectivity index (χ2v) is 16.1. The van der Waals surface area contributed by atoms with Gasteiger partial charge in [0.05, 0.1) is 0 Å². The molecule has 0 spiro atoms. The first-order valence-corrected chi connectivity index (χ1v) is 21.1. The van der Waals surface area contributed by atoms with Crippen molar-refractivity contribution in [3.63, 3.8) is 0 Å². The van der Waals surface area contributed by atoms with E-state index >= 15 is 0 Å². The minimum Gasteiger partial charge on any atom is -0.456 e. The number of furan rings is 1. The molecule has 9 aromatic rings. The van der Waals surface area contributed by atoms with E-state index in [0.717, 1.165) is 51.8 Å². The number of anilines is 3. The van der Waals surface area contributed by atoms with E-state index in [1.807, 2.05) is 12.1 Å². The fraction of sp³-hybridized carbons (Fsp3) is 0.143. The molecule has 0 atom stereocenters. The smallest absolute Gasteiger partial charge is 0.135 e. The van der Waals surface area contributed by atoms with Gasteiger partial charge in [0.1, 0.15) is 11.2 Å². The van der Waals surface area contributed by atoms with Gasteiger partial charge >= 0.3 is 0 Å². The molecule has 280 valence electrons. The lowest BCUT2D eigenvalue weighted by molar-refractivity contribution is 0.662. The molecule has 2 heteroatoms. The van der Waals surface area contributed by atoms with Crippen LogP contribution in [-0.4, -0.2) is 0 Å². The van der Waals surface area contributed by atoms with Crippen molar-refractivity contribution in [3.8, 4) is 44.5 Å². The van der Waals surface area contributed by atoms with Crippen molar-refractivity contribution in [1.29, 1.82) is 0 Å². The summed E-state index contributed by atoms with van der Waals surface area (Å²) in [7, 11) is 0. The van der Waals surface area contributed by atoms with Crippen molar-refractivity contribution in [2.24, 2.45) is 0 Å². The molecule has 0 unspecified atom stereocenters. The summed E-state index contributed by atoms with van der Waals surface area (Å²) < 4.78 is 6.14. The lowest BCUT2D eigenvalue weighted by atomic mass is 9.73. The molecule has 1 aromatic heterocycles. The summed E-state index contributed by atoms with van der Waals surface area (Å²) in [6, 6.07) is 64.3. The van der Waals surface area contributed by atoms with Gasteiger partial charge in [0, 0.05) is 27.8 Å². The van der Waals surface area contributed by atoms with Crippen molar-refractivity contribution in [3.05, 3.63) is 198 Å². The van der Waals surface area contributed by atoms with Gasteiger partial charge in [-0.25, -0.2) is 0 Å². The molecule has 0 saturated heterocycles. The average molecular weight is 748 g/mol.